The molecule has 0 aliphatic carbocycles. The van der Waals surface area contributed by atoms with Gasteiger partial charge in [0.25, 0.3) is 16.8 Å². The zero-order valence-electron chi connectivity index (χ0n) is 15.1. The van der Waals surface area contributed by atoms with Crippen LogP contribution in [0.5, 0.6) is 5.75 Å². The molecular weight excluding hydrogens is 622 g/mol. The molecule has 0 unspecified atom stereocenters. The summed E-state index contributed by atoms with van der Waals surface area (Å²) in [6.07, 6.45) is 1.64. The summed E-state index contributed by atoms with van der Waals surface area (Å²) in [4.78, 5) is 37.3. The maximum absolute atomic E-state index is 12.8. The first kappa shape index (κ1) is 22.0. The molecule has 1 aliphatic heterocycles. The van der Waals surface area contributed by atoms with Gasteiger partial charge in [-0.25, -0.2) is 0 Å². The van der Waals surface area contributed by atoms with Crippen LogP contribution in [0.2, 0.25) is 0 Å². The van der Waals surface area contributed by atoms with E-state index in [1.807, 2.05) is 19.1 Å². The summed E-state index contributed by atoms with van der Waals surface area (Å²) in [5.74, 6) is 0.175. The van der Waals surface area contributed by atoms with Gasteiger partial charge >= 0.3 is 0 Å². The van der Waals surface area contributed by atoms with E-state index in [2.05, 4.69) is 45.2 Å². The van der Waals surface area contributed by atoms with Gasteiger partial charge in [0, 0.05) is 20.8 Å². The van der Waals surface area contributed by atoms with Crippen molar-refractivity contribution in [3.05, 3.63) is 69.7 Å². The number of imide groups is 1. The molecule has 0 aromatic heterocycles. The molecule has 10 heteroatoms. The van der Waals surface area contributed by atoms with Crippen LogP contribution in [0.4, 0.5) is 10.5 Å². The van der Waals surface area contributed by atoms with E-state index in [0.717, 1.165) is 23.8 Å². The number of thioether (sulfide) groups is 1. The van der Waals surface area contributed by atoms with Crippen molar-refractivity contribution in [2.75, 3.05) is 6.61 Å². The highest BCUT2D eigenvalue weighted by Gasteiger charge is 2.36. The number of para-hydroxylation sites is 1. The van der Waals surface area contributed by atoms with Gasteiger partial charge in [-0.2, -0.15) is 0 Å². The molecule has 0 radical (unpaired) electrons. The average molecular weight is 636 g/mol. The van der Waals surface area contributed by atoms with Gasteiger partial charge in [0.2, 0.25) is 0 Å². The molecule has 150 valence electrons. The number of rotatable bonds is 6. The molecule has 29 heavy (non-hydrogen) atoms. The highest BCUT2D eigenvalue weighted by molar-refractivity contribution is 14.1. The van der Waals surface area contributed by atoms with Gasteiger partial charge in [-0.3, -0.25) is 24.6 Å². The summed E-state index contributed by atoms with van der Waals surface area (Å²) in [5.41, 5.74) is 0.889. The van der Waals surface area contributed by atoms with Crippen LogP contribution in [0.15, 0.2) is 41.3 Å². The monoisotopic (exact) mass is 636 g/mol. The van der Waals surface area contributed by atoms with Crippen molar-refractivity contribution in [2.45, 2.75) is 13.5 Å². The topological polar surface area (TPSA) is 89.8 Å². The summed E-state index contributed by atoms with van der Waals surface area (Å²) in [6.45, 7) is 2.19. The number of nitrogens with zero attached hydrogens (tertiary/aromatic N) is 2. The second-order valence-electron chi connectivity index (χ2n) is 5.89. The number of carbonyl (C=O) groups excluding carboxylic acids is 2. The van der Waals surface area contributed by atoms with Crippen molar-refractivity contribution in [1.29, 1.82) is 0 Å². The van der Waals surface area contributed by atoms with Gasteiger partial charge in [0.1, 0.15) is 5.75 Å². The Balaban J connectivity index is 1.93. The first-order chi connectivity index (χ1) is 13.8. The predicted octanol–water partition coefficient (Wildman–Crippen LogP) is 5.44. The largest absolute Gasteiger partial charge is 0.492 e. The molecule has 0 N–H and O–H groups in total. The number of nitro benzene ring substituents is 1. The van der Waals surface area contributed by atoms with Crippen LogP contribution in [0.3, 0.4) is 0 Å². The molecule has 0 bridgehead atoms. The number of carbonyl (C=O) groups is 2. The number of ether oxygens (including phenoxy) is 1. The molecule has 0 saturated carbocycles. The molecule has 3 rings (SSSR count). The van der Waals surface area contributed by atoms with E-state index >= 15 is 0 Å². The molecule has 0 spiro atoms. The third-order valence-corrected chi connectivity index (χ3v) is 6.33. The van der Waals surface area contributed by atoms with Gasteiger partial charge in [0.05, 0.1) is 26.6 Å². The quantitative estimate of drug-likeness (QED) is 0.182. The van der Waals surface area contributed by atoms with Crippen molar-refractivity contribution >= 4 is 79.9 Å². The number of hydrogen-bond donors (Lipinski definition) is 0. The second kappa shape index (κ2) is 9.43. The summed E-state index contributed by atoms with van der Waals surface area (Å²) in [5, 5.41) is 10.8. The Kier molecular flexibility index (Phi) is 7.16. The Bertz CT molecular complexity index is 1040. The van der Waals surface area contributed by atoms with Gasteiger partial charge in [-0.1, -0.05) is 18.2 Å². The smallest absolute Gasteiger partial charge is 0.293 e. The maximum atomic E-state index is 12.8. The maximum Gasteiger partial charge on any atom is 0.293 e. The number of amides is 2. The lowest BCUT2D eigenvalue weighted by Crippen LogP contribution is -2.27. The number of halogens is 2. The second-order valence-corrected chi connectivity index (χ2v) is 9.29. The Morgan fingerprint density at radius 3 is 2.66 bits per heavy atom. The van der Waals surface area contributed by atoms with E-state index in [9.17, 15) is 19.7 Å². The fraction of sp³-hybridized carbons (Fsp3) is 0.158. The molecule has 1 heterocycles. The minimum absolute atomic E-state index is 0.124. The lowest BCUT2D eigenvalue weighted by molar-refractivity contribution is -0.385. The standard InChI is InChI=1S/C19H14I2N2O5S/c1-2-28-17-12(7-13(20)9-14(17)21)8-16-18(24)22(19(25)29-16)10-11-5-3-4-6-15(11)23(26)27/h3-9H,2,10H2,1H3/b16-8-. The Labute approximate surface area is 198 Å². The van der Waals surface area contributed by atoms with Crippen molar-refractivity contribution in [3.8, 4) is 5.75 Å². The van der Waals surface area contributed by atoms with Crippen molar-refractivity contribution in [3.63, 3.8) is 0 Å². The summed E-state index contributed by atoms with van der Waals surface area (Å²) < 4.78 is 7.59. The van der Waals surface area contributed by atoms with Crippen molar-refractivity contribution in [2.24, 2.45) is 0 Å². The number of nitro groups is 1. The van der Waals surface area contributed by atoms with E-state index in [4.69, 9.17) is 4.74 Å². The molecule has 2 aromatic carbocycles. The molecule has 2 amide bonds. The predicted molar refractivity (Wildman–Crippen MR) is 128 cm³/mol. The van der Waals surface area contributed by atoms with Gasteiger partial charge in [-0.05, 0) is 82.1 Å². The van der Waals surface area contributed by atoms with Gasteiger partial charge < -0.3 is 4.74 Å². The highest BCUT2D eigenvalue weighted by atomic mass is 127. The molecule has 1 fully saturated rings. The Morgan fingerprint density at radius 2 is 1.97 bits per heavy atom. The normalized spacial score (nSPS) is 15.3. The van der Waals surface area contributed by atoms with Gasteiger partial charge in [0.15, 0.2) is 0 Å². The summed E-state index contributed by atoms with van der Waals surface area (Å²) >= 11 is 5.16. The van der Waals surface area contributed by atoms with Crippen LogP contribution >= 0.6 is 56.9 Å². The van der Waals surface area contributed by atoms with Crippen LogP contribution in [0.25, 0.3) is 6.08 Å². The van der Waals surface area contributed by atoms with E-state index in [1.165, 1.54) is 6.07 Å². The minimum atomic E-state index is -0.521. The van der Waals surface area contributed by atoms with Crippen molar-refractivity contribution in [1.82, 2.24) is 4.90 Å². The van der Waals surface area contributed by atoms with Crippen LogP contribution in [0, 0.1) is 17.3 Å². The summed E-state index contributed by atoms with van der Waals surface area (Å²) in [7, 11) is 0. The number of hydrogen-bond acceptors (Lipinski definition) is 6. The zero-order chi connectivity index (χ0) is 21.1. The Morgan fingerprint density at radius 1 is 1.24 bits per heavy atom. The highest BCUT2D eigenvalue weighted by Crippen LogP contribution is 2.37. The third kappa shape index (κ3) is 4.91. The van der Waals surface area contributed by atoms with E-state index in [0.29, 0.717) is 23.5 Å². The molecule has 0 atom stereocenters. The van der Waals surface area contributed by atoms with E-state index in [1.54, 1.807) is 24.3 Å². The van der Waals surface area contributed by atoms with Crippen LogP contribution in [0.1, 0.15) is 18.1 Å². The lowest BCUT2D eigenvalue weighted by Gasteiger charge is -2.13. The van der Waals surface area contributed by atoms with Gasteiger partial charge in [-0.15, -0.1) is 0 Å². The van der Waals surface area contributed by atoms with Crippen LogP contribution in [-0.4, -0.2) is 27.6 Å². The SMILES string of the molecule is CCOc1c(I)cc(I)cc1/C=C1\SC(=O)N(Cc2ccccc2[N+](=O)[O-])C1=O. The Hall–Kier alpha value is -1.67. The third-order valence-electron chi connectivity index (χ3n) is 4.00. The van der Waals surface area contributed by atoms with Crippen molar-refractivity contribution < 1.29 is 19.2 Å². The fourth-order valence-corrected chi connectivity index (χ4v) is 5.63. The molecule has 2 aromatic rings. The molecule has 1 saturated heterocycles. The number of benzene rings is 2. The zero-order valence-corrected chi connectivity index (χ0v) is 20.2. The first-order valence-corrected chi connectivity index (χ1v) is 11.4. The fourth-order valence-electron chi connectivity index (χ4n) is 2.75. The molecular formula is C19H14I2N2O5S. The van der Waals surface area contributed by atoms with Crippen LogP contribution in [-0.2, 0) is 11.3 Å². The van der Waals surface area contributed by atoms with E-state index in [-0.39, 0.29) is 17.1 Å². The average Bonchev–Trinajstić information content (AvgIpc) is 2.92. The lowest BCUT2D eigenvalue weighted by atomic mass is 10.1. The van der Waals surface area contributed by atoms with E-state index < -0.39 is 16.1 Å². The van der Waals surface area contributed by atoms with Crippen LogP contribution < -0.4 is 4.74 Å². The first-order valence-electron chi connectivity index (χ1n) is 8.41. The summed E-state index contributed by atoms with van der Waals surface area (Å²) in [6, 6.07) is 9.92. The molecule has 1 aliphatic rings. The minimum Gasteiger partial charge on any atom is -0.492 e. The molecule has 7 nitrogen and oxygen atoms in total.